The van der Waals surface area contributed by atoms with Gasteiger partial charge in [0.25, 0.3) is 11.6 Å². The lowest BCUT2D eigenvalue weighted by Gasteiger charge is -2.07. The molecule has 1 N–H and O–H groups in total. The Morgan fingerprint density at radius 2 is 1.83 bits per heavy atom. The van der Waals surface area contributed by atoms with E-state index in [1.54, 1.807) is 7.11 Å². The van der Waals surface area contributed by atoms with E-state index in [9.17, 15) is 14.9 Å². The van der Waals surface area contributed by atoms with Crippen molar-refractivity contribution >= 4 is 24.2 Å². The monoisotopic (exact) mass is 344 g/mol. The SMILES string of the molecule is COCCOCCOCCNC(=O)c1cc(S)cc([N+](=O)[O-])c1. The standard InChI is InChI=1S/C14H20N2O6S/c1-20-4-5-22-7-6-21-3-2-15-14(17)11-8-12(16(18)19)10-13(23)9-11/h8-10,23H,2-7H2,1H3,(H,15,17). The number of benzene rings is 1. The Morgan fingerprint density at radius 1 is 1.17 bits per heavy atom. The quantitative estimate of drug-likeness (QED) is 0.272. The highest BCUT2D eigenvalue weighted by atomic mass is 32.1. The molecule has 0 unspecified atom stereocenters. The van der Waals surface area contributed by atoms with E-state index in [2.05, 4.69) is 17.9 Å². The molecule has 0 saturated carbocycles. The summed E-state index contributed by atoms with van der Waals surface area (Å²) in [6, 6.07) is 3.96. The molecule has 0 aliphatic carbocycles. The van der Waals surface area contributed by atoms with E-state index in [1.807, 2.05) is 0 Å². The first-order valence-electron chi connectivity index (χ1n) is 6.95. The molecule has 1 aromatic carbocycles. The molecule has 1 aromatic rings. The molecule has 23 heavy (non-hydrogen) atoms. The van der Waals surface area contributed by atoms with Crippen LogP contribution in [0.5, 0.6) is 0 Å². The molecule has 0 aliphatic heterocycles. The second kappa shape index (κ2) is 10.9. The van der Waals surface area contributed by atoms with Crippen molar-refractivity contribution in [2.24, 2.45) is 0 Å². The van der Waals surface area contributed by atoms with Crippen molar-refractivity contribution in [3.05, 3.63) is 33.9 Å². The molecule has 1 rings (SSSR count). The van der Waals surface area contributed by atoms with Crippen molar-refractivity contribution in [3.63, 3.8) is 0 Å². The van der Waals surface area contributed by atoms with E-state index in [-0.39, 0.29) is 11.3 Å². The number of ether oxygens (including phenoxy) is 3. The number of non-ortho nitro benzene ring substituents is 1. The first kappa shape index (κ1) is 19.4. The Balaban J connectivity index is 2.25. The summed E-state index contributed by atoms with van der Waals surface area (Å²) in [5.74, 6) is -0.413. The van der Waals surface area contributed by atoms with E-state index >= 15 is 0 Å². The van der Waals surface area contributed by atoms with Crippen molar-refractivity contribution in [3.8, 4) is 0 Å². The van der Waals surface area contributed by atoms with Gasteiger partial charge in [-0.1, -0.05) is 0 Å². The van der Waals surface area contributed by atoms with Gasteiger partial charge in [0.1, 0.15) is 0 Å². The fourth-order valence-corrected chi connectivity index (χ4v) is 1.91. The van der Waals surface area contributed by atoms with Gasteiger partial charge in [-0.25, -0.2) is 0 Å². The van der Waals surface area contributed by atoms with Crippen LogP contribution < -0.4 is 5.32 Å². The molecule has 0 aliphatic rings. The van der Waals surface area contributed by atoms with Crippen LogP contribution in [-0.4, -0.2) is 57.5 Å². The molecule has 0 bridgehead atoms. The minimum absolute atomic E-state index is 0.174. The van der Waals surface area contributed by atoms with Gasteiger partial charge >= 0.3 is 0 Å². The van der Waals surface area contributed by atoms with Crippen LogP contribution in [0.25, 0.3) is 0 Å². The molecule has 0 saturated heterocycles. The Bertz CT molecular complexity index is 526. The highest BCUT2D eigenvalue weighted by Crippen LogP contribution is 2.19. The lowest BCUT2D eigenvalue weighted by Crippen LogP contribution is -2.27. The number of nitrogens with one attached hydrogen (secondary N) is 1. The van der Waals surface area contributed by atoms with Crippen molar-refractivity contribution in [1.29, 1.82) is 0 Å². The molecule has 128 valence electrons. The summed E-state index contributed by atoms with van der Waals surface area (Å²) in [6.07, 6.45) is 0. The fraction of sp³-hybridized carbons (Fsp3) is 0.500. The smallest absolute Gasteiger partial charge is 0.271 e. The Labute approximate surface area is 139 Å². The Kier molecular flexibility index (Phi) is 9.22. The predicted molar refractivity (Wildman–Crippen MR) is 86.2 cm³/mol. The molecule has 0 aromatic heterocycles. The van der Waals surface area contributed by atoms with E-state index in [4.69, 9.17) is 14.2 Å². The zero-order valence-electron chi connectivity index (χ0n) is 12.8. The molecule has 0 radical (unpaired) electrons. The first-order chi connectivity index (χ1) is 11.0. The van der Waals surface area contributed by atoms with Crippen molar-refractivity contribution in [2.75, 3.05) is 46.7 Å². The molecule has 0 heterocycles. The maximum Gasteiger partial charge on any atom is 0.271 e. The minimum Gasteiger partial charge on any atom is -0.382 e. The van der Waals surface area contributed by atoms with Gasteiger partial charge in [0.15, 0.2) is 0 Å². The number of nitro groups is 1. The van der Waals surface area contributed by atoms with Crippen LogP contribution in [0.2, 0.25) is 0 Å². The molecule has 0 atom stereocenters. The number of amides is 1. The number of rotatable bonds is 11. The predicted octanol–water partition coefficient (Wildman–Crippen LogP) is 1.29. The number of hydrogen-bond donors (Lipinski definition) is 2. The number of thiol groups is 1. The average Bonchev–Trinajstić information content (AvgIpc) is 2.52. The number of methoxy groups -OCH3 is 1. The summed E-state index contributed by atoms with van der Waals surface area (Å²) in [5, 5.41) is 13.4. The largest absolute Gasteiger partial charge is 0.382 e. The summed E-state index contributed by atoms with van der Waals surface area (Å²) in [7, 11) is 1.60. The lowest BCUT2D eigenvalue weighted by molar-refractivity contribution is -0.385. The van der Waals surface area contributed by atoms with Crippen molar-refractivity contribution in [1.82, 2.24) is 5.32 Å². The number of carbonyl (C=O) groups is 1. The highest BCUT2D eigenvalue weighted by Gasteiger charge is 2.13. The van der Waals surface area contributed by atoms with Gasteiger partial charge in [-0.15, -0.1) is 12.6 Å². The minimum atomic E-state index is -0.566. The fourth-order valence-electron chi connectivity index (χ4n) is 1.63. The van der Waals surface area contributed by atoms with Gasteiger partial charge in [-0.05, 0) is 6.07 Å². The zero-order valence-corrected chi connectivity index (χ0v) is 13.7. The highest BCUT2D eigenvalue weighted by molar-refractivity contribution is 7.80. The lowest BCUT2D eigenvalue weighted by atomic mass is 10.2. The zero-order chi connectivity index (χ0) is 17.1. The molecular formula is C14H20N2O6S. The van der Waals surface area contributed by atoms with Crippen molar-refractivity contribution in [2.45, 2.75) is 4.90 Å². The molecule has 0 fully saturated rings. The Hall–Kier alpha value is -1.68. The number of nitro benzene ring substituents is 1. The summed E-state index contributed by atoms with van der Waals surface area (Å²) in [4.78, 5) is 22.5. The van der Waals surface area contributed by atoms with Crippen LogP contribution in [0.4, 0.5) is 5.69 Å². The second-order valence-electron chi connectivity index (χ2n) is 4.47. The van der Waals surface area contributed by atoms with Crippen molar-refractivity contribution < 1.29 is 23.9 Å². The van der Waals surface area contributed by atoms with Crippen LogP contribution in [0.1, 0.15) is 10.4 Å². The topological polar surface area (TPSA) is 99.9 Å². The van der Waals surface area contributed by atoms with Crippen LogP contribution in [-0.2, 0) is 14.2 Å². The summed E-state index contributed by atoms with van der Waals surface area (Å²) in [6.45, 7) is 2.52. The molecule has 0 spiro atoms. The van der Waals surface area contributed by atoms with Gasteiger partial charge in [-0.2, -0.15) is 0 Å². The normalized spacial score (nSPS) is 10.5. The van der Waals surface area contributed by atoms with Gasteiger partial charge in [0.2, 0.25) is 0 Å². The van der Waals surface area contributed by atoms with Crippen LogP contribution >= 0.6 is 12.6 Å². The molecule has 1 amide bonds. The van der Waals surface area contributed by atoms with Gasteiger partial charge < -0.3 is 19.5 Å². The van der Waals surface area contributed by atoms with E-state index in [0.717, 1.165) is 0 Å². The number of carbonyl (C=O) groups excluding carboxylic acids is 1. The van der Waals surface area contributed by atoms with Crippen LogP contribution in [0.15, 0.2) is 23.1 Å². The van der Waals surface area contributed by atoms with Crippen LogP contribution in [0, 0.1) is 10.1 Å². The summed E-state index contributed by atoms with van der Waals surface area (Å²) < 4.78 is 15.3. The molecular weight excluding hydrogens is 324 g/mol. The van der Waals surface area contributed by atoms with Crippen LogP contribution in [0.3, 0.4) is 0 Å². The van der Waals surface area contributed by atoms with Gasteiger partial charge in [0, 0.05) is 36.2 Å². The number of hydrogen-bond acceptors (Lipinski definition) is 7. The maximum absolute atomic E-state index is 11.9. The second-order valence-corrected chi connectivity index (χ2v) is 4.99. The van der Waals surface area contributed by atoms with Gasteiger partial charge in [-0.3, -0.25) is 14.9 Å². The maximum atomic E-state index is 11.9. The first-order valence-corrected chi connectivity index (χ1v) is 7.40. The van der Waals surface area contributed by atoms with E-state index in [1.165, 1.54) is 18.2 Å². The summed E-state index contributed by atoms with van der Waals surface area (Å²) >= 11 is 4.05. The number of nitrogens with zero attached hydrogens (tertiary/aromatic N) is 1. The third kappa shape index (κ3) is 7.93. The van der Waals surface area contributed by atoms with E-state index < -0.39 is 10.8 Å². The summed E-state index contributed by atoms with van der Waals surface area (Å²) in [5.41, 5.74) is 0.0132. The third-order valence-electron chi connectivity index (χ3n) is 2.71. The average molecular weight is 344 g/mol. The third-order valence-corrected chi connectivity index (χ3v) is 2.97. The van der Waals surface area contributed by atoms with Gasteiger partial charge in [0.05, 0.1) is 38.0 Å². The molecule has 8 nitrogen and oxygen atoms in total. The van der Waals surface area contributed by atoms with E-state index in [0.29, 0.717) is 44.5 Å². The Morgan fingerprint density at radius 3 is 2.48 bits per heavy atom. The molecule has 9 heteroatoms.